The van der Waals surface area contributed by atoms with E-state index in [0.29, 0.717) is 28.9 Å². The molecule has 5 rings (SSSR count). The molecular weight excluding hydrogens is 441 g/mol. The van der Waals surface area contributed by atoms with Crippen molar-refractivity contribution in [2.45, 2.75) is 11.9 Å². The van der Waals surface area contributed by atoms with E-state index in [1.54, 1.807) is 10.6 Å². The Morgan fingerprint density at radius 2 is 1.70 bits per heavy atom. The summed E-state index contributed by atoms with van der Waals surface area (Å²) in [7, 11) is 0. The molecule has 0 radical (unpaired) electrons. The summed E-state index contributed by atoms with van der Waals surface area (Å²) in [6, 6.07) is 20.6. The molecule has 0 spiro atoms. The third-order valence-electron chi connectivity index (χ3n) is 5.35. The van der Waals surface area contributed by atoms with Crippen LogP contribution < -0.4 is 10.3 Å². The zero-order valence-electron chi connectivity index (χ0n) is 15.7. The zero-order chi connectivity index (χ0) is 20.8. The normalized spacial score (nSPS) is 13.8. The number of ether oxygens (including phenoxy) is 1. The van der Waals surface area contributed by atoms with E-state index in [1.807, 2.05) is 60.7 Å². The molecule has 150 valence electrons. The quantitative estimate of drug-likeness (QED) is 0.321. The number of alkyl halides is 1. The van der Waals surface area contributed by atoms with E-state index in [0.717, 1.165) is 33.2 Å². The predicted octanol–water partition coefficient (Wildman–Crippen LogP) is 6.70. The van der Waals surface area contributed by atoms with Crippen molar-refractivity contribution in [3.63, 3.8) is 0 Å². The van der Waals surface area contributed by atoms with Crippen LogP contribution in [0.25, 0.3) is 22.0 Å². The van der Waals surface area contributed by atoms with Gasteiger partial charge in [-0.25, -0.2) is 0 Å². The Balaban J connectivity index is 1.78. The molecule has 4 aromatic rings. The van der Waals surface area contributed by atoms with Gasteiger partial charge in [0.15, 0.2) is 0 Å². The third kappa shape index (κ3) is 3.37. The lowest BCUT2D eigenvalue weighted by molar-refractivity contribution is 0.284. The van der Waals surface area contributed by atoms with E-state index in [1.165, 1.54) is 0 Å². The van der Waals surface area contributed by atoms with E-state index in [2.05, 4.69) is 0 Å². The van der Waals surface area contributed by atoms with Gasteiger partial charge in [0, 0.05) is 21.5 Å². The summed E-state index contributed by atoms with van der Waals surface area (Å²) >= 11 is 19.1. The Bertz CT molecular complexity index is 1330. The van der Waals surface area contributed by atoms with Crippen molar-refractivity contribution >= 4 is 45.7 Å². The summed E-state index contributed by atoms with van der Waals surface area (Å²) in [5.74, 6) is 0.661. The lowest BCUT2D eigenvalue weighted by Gasteiger charge is -2.24. The summed E-state index contributed by atoms with van der Waals surface area (Å²) < 4.78 is 7.71. The van der Waals surface area contributed by atoms with E-state index in [9.17, 15) is 4.79 Å². The molecule has 0 saturated heterocycles. The van der Waals surface area contributed by atoms with Crippen LogP contribution in [0.3, 0.4) is 0 Å². The van der Waals surface area contributed by atoms with Crippen molar-refractivity contribution in [2.24, 2.45) is 0 Å². The standard InChI is InChI=1S/C24H16Cl3NO2/c25-17-6-4-14(5-7-17)23(27)16-11-20-19(15-2-1-3-18(26)10-15)13-22(29)28-8-9-30-21(12-16)24(20)28/h1-7,10-13,23H,8-9H2. The highest BCUT2D eigenvalue weighted by atomic mass is 35.5. The highest BCUT2D eigenvalue weighted by molar-refractivity contribution is 6.31. The number of pyridine rings is 1. The maximum absolute atomic E-state index is 12.8. The summed E-state index contributed by atoms with van der Waals surface area (Å²) in [6.07, 6.45) is 0. The van der Waals surface area contributed by atoms with Crippen molar-refractivity contribution in [3.05, 3.63) is 98.3 Å². The van der Waals surface area contributed by atoms with Gasteiger partial charge in [-0.15, -0.1) is 11.6 Å². The van der Waals surface area contributed by atoms with Crippen LogP contribution in [0.5, 0.6) is 5.75 Å². The van der Waals surface area contributed by atoms with Crippen LogP contribution >= 0.6 is 34.8 Å². The minimum Gasteiger partial charge on any atom is -0.490 e. The Kier molecular flexibility index (Phi) is 4.98. The monoisotopic (exact) mass is 455 g/mol. The van der Waals surface area contributed by atoms with Gasteiger partial charge in [-0.2, -0.15) is 0 Å². The fourth-order valence-corrected chi connectivity index (χ4v) is 4.53. The van der Waals surface area contributed by atoms with E-state index in [4.69, 9.17) is 39.5 Å². The predicted molar refractivity (Wildman–Crippen MR) is 123 cm³/mol. The van der Waals surface area contributed by atoms with E-state index >= 15 is 0 Å². The molecule has 0 bridgehead atoms. The molecular formula is C24H16Cl3NO2. The largest absolute Gasteiger partial charge is 0.490 e. The van der Waals surface area contributed by atoms with Crippen LogP contribution in [0.4, 0.5) is 0 Å². The smallest absolute Gasteiger partial charge is 0.251 e. The topological polar surface area (TPSA) is 31.2 Å². The fraction of sp³-hybridized carbons (Fsp3) is 0.125. The molecule has 2 heterocycles. The first kappa shape index (κ1) is 19.5. The van der Waals surface area contributed by atoms with Crippen molar-refractivity contribution < 1.29 is 4.74 Å². The highest BCUT2D eigenvalue weighted by Crippen LogP contribution is 2.40. The number of hydrogen-bond acceptors (Lipinski definition) is 2. The first-order valence-corrected chi connectivity index (χ1v) is 10.7. The molecule has 3 aromatic carbocycles. The number of nitrogens with zero attached hydrogens (tertiary/aromatic N) is 1. The first-order valence-electron chi connectivity index (χ1n) is 9.51. The van der Waals surface area contributed by atoms with Gasteiger partial charge in [-0.05, 0) is 58.7 Å². The third-order valence-corrected chi connectivity index (χ3v) is 6.35. The van der Waals surface area contributed by atoms with Crippen molar-refractivity contribution in [2.75, 3.05) is 6.61 Å². The molecule has 1 aromatic heterocycles. The molecule has 1 atom stereocenters. The number of halogens is 3. The molecule has 0 N–H and O–H groups in total. The number of benzene rings is 3. The maximum Gasteiger partial charge on any atom is 0.251 e. The first-order chi connectivity index (χ1) is 14.5. The number of hydrogen-bond donors (Lipinski definition) is 0. The van der Waals surface area contributed by atoms with Crippen LogP contribution in [0.1, 0.15) is 16.5 Å². The molecule has 1 aliphatic rings. The summed E-state index contributed by atoms with van der Waals surface area (Å²) in [6.45, 7) is 0.953. The second kappa shape index (κ2) is 7.66. The van der Waals surface area contributed by atoms with Gasteiger partial charge in [-0.3, -0.25) is 4.79 Å². The van der Waals surface area contributed by atoms with Gasteiger partial charge in [0.2, 0.25) is 0 Å². The Morgan fingerprint density at radius 3 is 2.47 bits per heavy atom. The summed E-state index contributed by atoms with van der Waals surface area (Å²) in [4.78, 5) is 12.8. The zero-order valence-corrected chi connectivity index (χ0v) is 18.0. The minimum atomic E-state index is -0.388. The summed E-state index contributed by atoms with van der Waals surface area (Å²) in [5, 5.41) is 1.79. The van der Waals surface area contributed by atoms with Gasteiger partial charge >= 0.3 is 0 Å². The molecule has 0 fully saturated rings. The van der Waals surface area contributed by atoms with Crippen LogP contribution in [0.15, 0.2) is 71.5 Å². The fourth-order valence-electron chi connectivity index (χ4n) is 3.95. The molecule has 0 aliphatic carbocycles. The molecule has 30 heavy (non-hydrogen) atoms. The van der Waals surface area contributed by atoms with E-state index < -0.39 is 0 Å². The second-order valence-corrected chi connectivity index (χ2v) is 8.55. The molecule has 1 aliphatic heterocycles. The van der Waals surface area contributed by atoms with Crippen LogP contribution in [0, 0.1) is 0 Å². The van der Waals surface area contributed by atoms with Gasteiger partial charge in [0.25, 0.3) is 5.56 Å². The highest BCUT2D eigenvalue weighted by Gasteiger charge is 2.22. The van der Waals surface area contributed by atoms with Crippen LogP contribution in [-0.2, 0) is 6.54 Å². The molecule has 1 unspecified atom stereocenters. The average molecular weight is 457 g/mol. The van der Waals surface area contributed by atoms with Crippen LogP contribution in [-0.4, -0.2) is 11.2 Å². The molecule has 0 saturated carbocycles. The van der Waals surface area contributed by atoms with Gasteiger partial charge < -0.3 is 9.30 Å². The Hall–Kier alpha value is -2.46. The maximum atomic E-state index is 12.8. The Labute approximate surface area is 188 Å². The molecule has 3 nitrogen and oxygen atoms in total. The number of aromatic nitrogens is 1. The molecule has 0 amide bonds. The van der Waals surface area contributed by atoms with Gasteiger partial charge in [0.05, 0.1) is 17.4 Å². The molecule has 6 heteroatoms. The van der Waals surface area contributed by atoms with Gasteiger partial charge in [0.1, 0.15) is 12.4 Å². The van der Waals surface area contributed by atoms with Crippen molar-refractivity contribution in [1.82, 2.24) is 4.57 Å². The summed E-state index contributed by atoms with van der Waals surface area (Å²) in [5.41, 5.74) is 4.22. The second-order valence-electron chi connectivity index (χ2n) is 7.24. The number of rotatable bonds is 3. The van der Waals surface area contributed by atoms with Gasteiger partial charge in [-0.1, -0.05) is 47.5 Å². The SMILES string of the molecule is O=c1cc(-c2cccc(Cl)c2)c2cc(C(Cl)c3ccc(Cl)cc3)cc3c2n1CCO3. The lowest BCUT2D eigenvalue weighted by Crippen LogP contribution is -2.27. The average Bonchev–Trinajstić information content (AvgIpc) is 2.76. The van der Waals surface area contributed by atoms with Crippen molar-refractivity contribution in [3.8, 4) is 16.9 Å². The Morgan fingerprint density at radius 1 is 0.900 bits per heavy atom. The minimum absolute atomic E-state index is 0.0603. The van der Waals surface area contributed by atoms with E-state index in [-0.39, 0.29) is 10.9 Å². The van der Waals surface area contributed by atoms with Crippen molar-refractivity contribution in [1.29, 1.82) is 0 Å². The van der Waals surface area contributed by atoms with Crippen LogP contribution in [0.2, 0.25) is 10.0 Å². The lowest BCUT2D eigenvalue weighted by atomic mass is 9.96.